The van der Waals surface area contributed by atoms with Gasteiger partial charge in [0.2, 0.25) is 5.91 Å². The molecule has 3 amide bonds. The fourth-order valence-electron chi connectivity index (χ4n) is 5.12. The van der Waals surface area contributed by atoms with E-state index < -0.39 is 23.8 Å². The number of carbonyl (C=O) groups excluding carboxylic acids is 3. The lowest BCUT2D eigenvalue weighted by atomic mass is 9.91. The molecule has 4 unspecified atom stereocenters. The van der Waals surface area contributed by atoms with E-state index in [4.69, 9.17) is 16.3 Å². The molecule has 0 aromatic heterocycles. The standard InChI is InChI=1S/C35H52ClN3O4/c1-12-23(5)30(38-34(42)43-35(9,10)11)33(41)39(26(8)18-16-21(2)3)31(27-19-17-22(4)20-25(27)7)32(40)37-29-24(6)14-13-15-28(29)36/h13-15,17,19-21,23,26,30-31H,12,16,18H2,1-11H3,(H,37,40)(H,38,42). The normalized spacial score (nSPS) is 14.4. The van der Waals surface area contributed by atoms with Crippen LogP contribution in [0.15, 0.2) is 36.4 Å². The maximum atomic E-state index is 14.8. The number of aryl methyl sites for hydroxylation is 3. The Morgan fingerprint density at radius 1 is 0.953 bits per heavy atom. The van der Waals surface area contributed by atoms with Crippen LogP contribution >= 0.6 is 11.6 Å². The van der Waals surface area contributed by atoms with Crippen molar-refractivity contribution in [1.29, 1.82) is 0 Å². The van der Waals surface area contributed by atoms with Crippen LogP contribution < -0.4 is 10.6 Å². The number of ether oxygens (including phenoxy) is 1. The highest BCUT2D eigenvalue weighted by Crippen LogP contribution is 2.34. The Hall–Kier alpha value is -3.06. The predicted molar refractivity (Wildman–Crippen MR) is 176 cm³/mol. The number of benzene rings is 2. The summed E-state index contributed by atoms with van der Waals surface area (Å²) in [5, 5.41) is 6.33. The van der Waals surface area contributed by atoms with E-state index in [1.807, 2.05) is 71.9 Å². The molecule has 43 heavy (non-hydrogen) atoms. The monoisotopic (exact) mass is 613 g/mol. The van der Waals surface area contributed by atoms with Crippen molar-refractivity contribution in [3.05, 3.63) is 63.7 Å². The predicted octanol–water partition coefficient (Wildman–Crippen LogP) is 8.54. The van der Waals surface area contributed by atoms with E-state index in [-0.39, 0.29) is 23.8 Å². The Bertz CT molecular complexity index is 1250. The second-order valence-electron chi connectivity index (χ2n) is 13.3. The van der Waals surface area contributed by atoms with Gasteiger partial charge in [-0.2, -0.15) is 0 Å². The van der Waals surface area contributed by atoms with Crippen molar-refractivity contribution in [3.8, 4) is 0 Å². The molecule has 2 rings (SSSR count). The van der Waals surface area contributed by atoms with E-state index in [9.17, 15) is 14.4 Å². The van der Waals surface area contributed by atoms with Crippen LogP contribution in [-0.4, -0.2) is 40.5 Å². The van der Waals surface area contributed by atoms with Gasteiger partial charge >= 0.3 is 6.09 Å². The average Bonchev–Trinajstić information content (AvgIpc) is 2.89. The lowest BCUT2D eigenvalue weighted by molar-refractivity contribution is -0.144. The topological polar surface area (TPSA) is 87.7 Å². The Morgan fingerprint density at radius 3 is 2.14 bits per heavy atom. The van der Waals surface area contributed by atoms with Gasteiger partial charge < -0.3 is 20.3 Å². The van der Waals surface area contributed by atoms with E-state index in [1.54, 1.807) is 31.7 Å². The molecule has 0 radical (unpaired) electrons. The molecule has 0 spiro atoms. The van der Waals surface area contributed by atoms with Gasteiger partial charge in [0.05, 0.1) is 10.7 Å². The summed E-state index contributed by atoms with van der Waals surface area (Å²) in [6.45, 7) is 21.3. The van der Waals surface area contributed by atoms with Crippen LogP contribution in [0.1, 0.15) is 103 Å². The molecule has 4 atom stereocenters. The summed E-state index contributed by atoms with van der Waals surface area (Å²) >= 11 is 6.53. The second kappa shape index (κ2) is 15.6. The van der Waals surface area contributed by atoms with Crippen LogP contribution in [0.5, 0.6) is 0 Å². The number of nitrogens with one attached hydrogen (secondary N) is 2. The van der Waals surface area contributed by atoms with Gasteiger partial charge in [0.25, 0.3) is 5.91 Å². The first-order chi connectivity index (χ1) is 20.0. The summed E-state index contributed by atoms with van der Waals surface area (Å²) in [5.74, 6) is -0.502. The van der Waals surface area contributed by atoms with Crippen molar-refractivity contribution in [2.75, 3.05) is 5.32 Å². The number of alkyl carbamates (subject to hydrolysis) is 1. The van der Waals surface area contributed by atoms with Crippen molar-refractivity contribution < 1.29 is 19.1 Å². The number of para-hydroxylation sites is 1. The third-order valence-electron chi connectivity index (χ3n) is 7.76. The molecular formula is C35H52ClN3O4. The molecule has 0 heterocycles. The van der Waals surface area contributed by atoms with Crippen LogP contribution in [0, 0.1) is 32.6 Å². The summed E-state index contributed by atoms with van der Waals surface area (Å²) in [4.78, 5) is 43.9. The minimum Gasteiger partial charge on any atom is -0.444 e. The molecule has 2 aromatic rings. The van der Waals surface area contributed by atoms with Gasteiger partial charge in [-0.15, -0.1) is 0 Å². The van der Waals surface area contributed by atoms with E-state index >= 15 is 0 Å². The van der Waals surface area contributed by atoms with E-state index in [0.717, 1.165) is 28.7 Å². The lowest BCUT2D eigenvalue weighted by Crippen LogP contribution is -2.57. The van der Waals surface area contributed by atoms with Crippen molar-refractivity contribution >= 4 is 35.2 Å². The Balaban J connectivity index is 2.74. The number of carbonyl (C=O) groups is 3. The van der Waals surface area contributed by atoms with Gasteiger partial charge in [-0.1, -0.05) is 81.6 Å². The van der Waals surface area contributed by atoms with Gasteiger partial charge in [0, 0.05) is 6.04 Å². The zero-order valence-electron chi connectivity index (χ0n) is 27.9. The average molecular weight is 614 g/mol. The number of anilines is 1. The first-order valence-corrected chi connectivity index (χ1v) is 15.8. The second-order valence-corrected chi connectivity index (χ2v) is 13.7. The largest absolute Gasteiger partial charge is 0.444 e. The molecule has 0 fully saturated rings. The summed E-state index contributed by atoms with van der Waals surface area (Å²) in [6, 6.07) is 9.15. The minimum absolute atomic E-state index is 0.214. The van der Waals surface area contributed by atoms with Gasteiger partial charge in [-0.25, -0.2) is 4.79 Å². The van der Waals surface area contributed by atoms with Crippen LogP contribution in [0.4, 0.5) is 10.5 Å². The fourth-order valence-corrected chi connectivity index (χ4v) is 5.39. The minimum atomic E-state index is -0.974. The molecular weight excluding hydrogens is 562 g/mol. The van der Waals surface area contributed by atoms with E-state index in [0.29, 0.717) is 29.5 Å². The van der Waals surface area contributed by atoms with Crippen molar-refractivity contribution in [1.82, 2.24) is 10.2 Å². The summed E-state index contributed by atoms with van der Waals surface area (Å²) < 4.78 is 5.55. The zero-order chi connectivity index (χ0) is 32.6. The van der Waals surface area contributed by atoms with Crippen molar-refractivity contribution in [3.63, 3.8) is 0 Å². The molecule has 0 aliphatic carbocycles. The SMILES string of the molecule is CCC(C)C(NC(=O)OC(C)(C)C)C(=O)N(C(C)CCC(C)C)C(C(=O)Nc1c(C)cccc1Cl)c1ccc(C)cc1C. The van der Waals surface area contributed by atoms with E-state index in [1.165, 1.54) is 0 Å². The Labute approximate surface area is 264 Å². The number of halogens is 1. The molecule has 8 heteroatoms. The van der Waals surface area contributed by atoms with Gasteiger partial charge in [0.15, 0.2) is 0 Å². The number of hydrogen-bond donors (Lipinski definition) is 2. The lowest BCUT2D eigenvalue weighted by Gasteiger charge is -2.40. The molecule has 238 valence electrons. The third-order valence-corrected chi connectivity index (χ3v) is 8.07. The molecule has 0 bridgehead atoms. The molecule has 0 aliphatic rings. The highest BCUT2D eigenvalue weighted by Gasteiger charge is 2.41. The molecule has 0 aliphatic heterocycles. The number of hydrogen-bond acceptors (Lipinski definition) is 4. The maximum Gasteiger partial charge on any atom is 0.408 e. The number of rotatable bonds is 12. The van der Waals surface area contributed by atoms with E-state index in [2.05, 4.69) is 24.5 Å². The first-order valence-electron chi connectivity index (χ1n) is 15.4. The van der Waals surface area contributed by atoms with Crippen LogP contribution in [0.2, 0.25) is 5.02 Å². The maximum absolute atomic E-state index is 14.8. The molecule has 2 aromatic carbocycles. The third kappa shape index (κ3) is 10.3. The number of nitrogens with zero attached hydrogens (tertiary/aromatic N) is 1. The Morgan fingerprint density at radius 2 is 1.60 bits per heavy atom. The van der Waals surface area contributed by atoms with Gasteiger partial charge in [0.1, 0.15) is 17.7 Å². The zero-order valence-corrected chi connectivity index (χ0v) is 28.7. The summed E-state index contributed by atoms with van der Waals surface area (Å²) in [7, 11) is 0. The first kappa shape index (κ1) is 36.1. The molecule has 2 N–H and O–H groups in total. The Kier molecular flexibility index (Phi) is 13.1. The molecule has 0 saturated heterocycles. The molecule has 7 nitrogen and oxygen atoms in total. The van der Waals surface area contributed by atoms with Crippen molar-refractivity contribution in [2.24, 2.45) is 11.8 Å². The smallest absolute Gasteiger partial charge is 0.408 e. The van der Waals surface area contributed by atoms with Crippen LogP contribution in [0.3, 0.4) is 0 Å². The molecule has 0 saturated carbocycles. The quantitative estimate of drug-likeness (QED) is 0.251. The van der Waals surface area contributed by atoms with Crippen LogP contribution in [0.25, 0.3) is 0 Å². The highest BCUT2D eigenvalue weighted by atomic mass is 35.5. The summed E-state index contributed by atoms with van der Waals surface area (Å²) in [6.07, 6.45) is 1.52. The summed E-state index contributed by atoms with van der Waals surface area (Å²) in [5.41, 5.74) is 3.26. The van der Waals surface area contributed by atoms with Crippen molar-refractivity contribution in [2.45, 2.75) is 119 Å². The van der Waals surface area contributed by atoms with Crippen LogP contribution in [-0.2, 0) is 14.3 Å². The highest BCUT2D eigenvalue weighted by molar-refractivity contribution is 6.34. The number of amides is 3. The fraction of sp³-hybridized carbons (Fsp3) is 0.571. The van der Waals surface area contributed by atoms with Gasteiger partial charge in [-0.05, 0) is 95.9 Å². The van der Waals surface area contributed by atoms with Gasteiger partial charge in [-0.3, -0.25) is 9.59 Å².